The van der Waals surface area contributed by atoms with Gasteiger partial charge < -0.3 is 85.0 Å². The molecule has 3 aliphatic rings. The van der Waals surface area contributed by atoms with Crippen LogP contribution in [-0.4, -0.2) is 192 Å². The monoisotopic (exact) mass is 2250 g/mol. The summed E-state index contributed by atoms with van der Waals surface area (Å²) in [6, 6.07) is 41.8. The van der Waals surface area contributed by atoms with Gasteiger partial charge in [0, 0.05) is 124 Å². The number of aliphatic hydroxyl groups excluding tert-OH is 1. The summed E-state index contributed by atoms with van der Waals surface area (Å²) in [7, 11) is 5.89. The van der Waals surface area contributed by atoms with Crippen molar-refractivity contribution in [1.29, 1.82) is 0 Å². The predicted molar refractivity (Wildman–Crippen MR) is 552 cm³/mol. The number of anilines is 3. The maximum absolute atomic E-state index is 12.6. The Kier molecular flexibility index (Phi) is 57.1. The van der Waals surface area contributed by atoms with Crippen LogP contribution in [0, 0.1) is 46.3 Å². The van der Waals surface area contributed by atoms with Gasteiger partial charge in [0.05, 0.1) is 103 Å². The van der Waals surface area contributed by atoms with Crippen molar-refractivity contribution >= 4 is 198 Å². The van der Waals surface area contributed by atoms with E-state index in [-0.39, 0.29) is 121 Å². The molecular weight excluding hydrogens is 2140 g/mol. The summed E-state index contributed by atoms with van der Waals surface area (Å²) >= 11 is 29.0. The van der Waals surface area contributed by atoms with E-state index in [4.69, 9.17) is 110 Å². The van der Waals surface area contributed by atoms with Crippen molar-refractivity contribution in [3.05, 3.63) is 280 Å². The van der Waals surface area contributed by atoms with E-state index in [1.807, 2.05) is 127 Å². The molecule has 1 fully saturated rings. The summed E-state index contributed by atoms with van der Waals surface area (Å²) in [6.45, 7) is 21.1. The number of hydrogen-bond acceptors (Lipinski definition) is 31. The maximum atomic E-state index is 12.6. The maximum Gasteiger partial charge on any atom is 1.00 e. The second-order valence-corrected chi connectivity index (χ2v) is 35.2. The molecule has 7 aromatic carbocycles. The van der Waals surface area contributed by atoms with Crippen molar-refractivity contribution < 1.29 is 121 Å². The first-order chi connectivity index (χ1) is 63.5. The molecule has 0 saturated carbocycles. The molecular formula is C91H112B2Br4Cl3FN15NaO22. The molecule has 139 heavy (non-hydrogen) atoms. The quantitative estimate of drug-likeness (QED) is 0.0165. The van der Waals surface area contributed by atoms with E-state index in [1.165, 1.54) is 64.1 Å². The third-order valence-electron chi connectivity index (χ3n) is 18.4. The van der Waals surface area contributed by atoms with Gasteiger partial charge in [0.1, 0.15) is 33.6 Å². The van der Waals surface area contributed by atoms with Crippen molar-refractivity contribution in [2.24, 2.45) is 0 Å². The van der Waals surface area contributed by atoms with Crippen LogP contribution in [-0.2, 0) is 18.8 Å². The van der Waals surface area contributed by atoms with Gasteiger partial charge in [-0.15, -0.1) is 0 Å². The zero-order valence-electron chi connectivity index (χ0n) is 77.0. The summed E-state index contributed by atoms with van der Waals surface area (Å²) in [5.41, 5.74) is 21.9. The molecule has 11 aromatic rings. The number of nitro groups is 4. The minimum atomic E-state index is -1.45. The number of aromatic nitrogens is 6. The Morgan fingerprint density at radius 1 is 0.525 bits per heavy atom. The molecule has 0 spiro atoms. The number of ether oxygens (including phenoxy) is 6. The Bertz CT molecular complexity index is 5900. The Hall–Kier alpha value is -10.7. The number of carbonyl (C=O) groups excluding carboxylic acids is 2. The molecule has 7 heterocycles. The summed E-state index contributed by atoms with van der Waals surface area (Å²) in [6.07, 6.45) is 10.8. The second-order valence-electron chi connectivity index (χ2n) is 30.5. The van der Waals surface area contributed by atoms with Crippen LogP contribution < -0.4 is 76.3 Å². The van der Waals surface area contributed by atoms with Crippen molar-refractivity contribution in [2.45, 2.75) is 127 Å². The number of hydrogen-bond donors (Lipinski definition) is 6. The Balaban J connectivity index is 0.00000156. The van der Waals surface area contributed by atoms with Gasteiger partial charge in [-0.25, -0.2) is 29.5 Å². The zero-order valence-corrected chi connectivity index (χ0v) is 87.6. The van der Waals surface area contributed by atoms with E-state index in [2.05, 4.69) is 93.6 Å². The van der Waals surface area contributed by atoms with E-state index in [0.29, 0.717) is 80.7 Å². The number of nitrogen functional groups attached to an aromatic ring is 3. The normalized spacial score (nSPS) is 12.5. The smallest absolute Gasteiger partial charge is 0.857 e. The van der Waals surface area contributed by atoms with E-state index in [1.54, 1.807) is 92.5 Å². The Morgan fingerprint density at radius 2 is 0.950 bits per heavy atom. The molecule has 0 bridgehead atoms. The molecule has 48 heteroatoms. The fourth-order valence-electron chi connectivity index (χ4n) is 11.2. The molecule has 0 radical (unpaired) electrons. The number of pyridine rings is 2. The third-order valence-corrected chi connectivity index (χ3v) is 21.0. The first kappa shape index (κ1) is 128. The van der Waals surface area contributed by atoms with Crippen molar-refractivity contribution in [3.63, 3.8) is 0 Å². The van der Waals surface area contributed by atoms with Crippen molar-refractivity contribution in [3.8, 4) is 34.3 Å². The van der Waals surface area contributed by atoms with E-state index in [9.17, 15) is 54.4 Å². The van der Waals surface area contributed by atoms with Crippen LogP contribution >= 0.6 is 98.5 Å². The number of rotatable bonds is 12. The number of methoxy groups -OCH3 is 4. The van der Waals surface area contributed by atoms with Gasteiger partial charge in [0.25, 0.3) is 11.4 Å². The molecule has 1 saturated heterocycles. The third kappa shape index (κ3) is 42.4. The minimum absolute atomic E-state index is 0. The number of amides is 2. The molecule has 3 aliphatic heterocycles. The van der Waals surface area contributed by atoms with Crippen LogP contribution in [0.25, 0.3) is 38.6 Å². The van der Waals surface area contributed by atoms with Gasteiger partial charge in [0.2, 0.25) is 16.4 Å². The first-order valence-corrected chi connectivity index (χ1v) is 44.1. The summed E-state index contributed by atoms with van der Waals surface area (Å²) < 4.78 is 57.9. The van der Waals surface area contributed by atoms with Gasteiger partial charge in [-0.1, -0.05) is 136 Å². The van der Waals surface area contributed by atoms with Gasteiger partial charge >= 0.3 is 67.4 Å². The van der Waals surface area contributed by atoms with Crippen LogP contribution in [0.3, 0.4) is 0 Å². The Morgan fingerprint density at radius 3 is 1.37 bits per heavy atom. The van der Waals surface area contributed by atoms with Gasteiger partial charge in [0.15, 0.2) is 5.75 Å². The number of carbonyl (C=O) groups is 2. The molecule has 37 nitrogen and oxygen atoms in total. The molecule has 0 aliphatic carbocycles. The van der Waals surface area contributed by atoms with E-state index >= 15 is 0 Å². The molecule has 2 amide bonds. The summed E-state index contributed by atoms with van der Waals surface area (Å²) in [5, 5.41) is 78.1. The van der Waals surface area contributed by atoms with Crippen LogP contribution in [0.1, 0.15) is 110 Å². The number of nitrogens with two attached hydrogens (primary N) is 3. The standard InChI is InChI=1S/C17H23N3O5.C16H28BNO4.C13H8ClN3.C9H8BNO2.C7H7BrN2O3.C7H6BrNO3.C7H8BrNO.C6H3BrFNO2.C4H2Cl2N2.CH4O.CH3O.3CH4.Na/c1-17(2,3)25-16(21)19-7-5-11(6-8-19)12-9-15(24-4)13(18)10-14(12)20(22)23;1-14(2,3)20-13(19)18-10-8-12(9-11-18)17-21-15(4,5)16(6,7)22-17;14-13-15-6-5-12(17-13)10-7-9-3-1-2-4-11(9)16-8-10;12-10(13)8-5-7-3-1-2-4-9(7)11-6-8;1-13-7-2-4(8)6(10(11)12)3-5(7)9;1-12-7-4-5(8)2-3-6(7)9(10)11;1-10-7-4-5(8)2-3-6(7)9;7-4-1-2-6(9(10)11)5(8)3-4;5-3-1-2-7-4(6)8-3;2*1-2;;;;/h5,9-10H,6-8,18H2,1-4H3;8H,9-11H2,1-7H3;1-8H;1-6,12-13H;2-3H,9H2,1H3;2-4H,1H3;2-4H,9H2,1H3;1-3H;1-2H;2H,1H3;1H3;3*1H4;/q;;;;;;;;;;-1;;;;+1. The van der Waals surface area contributed by atoms with E-state index in [0.717, 1.165) is 85.8 Å². The average molecular weight is 2260 g/mol. The largest absolute Gasteiger partial charge is 1.00 e. The molecule has 746 valence electrons. The fourth-order valence-corrected chi connectivity index (χ4v) is 13.2. The molecule has 14 rings (SSSR count). The van der Waals surface area contributed by atoms with Crippen LogP contribution in [0.5, 0.6) is 23.0 Å². The topological polar surface area (TPSA) is 526 Å². The second kappa shape index (κ2) is 61.8. The molecule has 9 N–H and O–H groups in total. The summed E-state index contributed by atoms with van der Waals surface area (Å²) in [4.78, 5) is 91.2. The van der Waals surface area contributed by atoms with Crippen molar-refractivity contribution in [1.82, 2.24) is 39.7 Å². The number of fused-ring (bicyclic) bond motifs is 2. The van der Waals surface area contributed by atoms with Crippen LogP contribution in [0.15, 0.2) is 212 Å². The SMILES string of the molecule is C.C.C.CC(C)(C)OC(=O)N1CC=C(B2OC(C)(C)C(C)(C)O2)CC1.CO.COc1cc(Br)c([N+](=O)[O-])cc1N.COc1cc(Br)ccc1N.COc1cc(Br)ccc1[N+](=O)[O-].COc1cc(C2=CCN(C(=O)OC(C)(C)C)CC2)c([N+](=O)[O-])cc1N.C[O-].Clc1ccnc(Cl)n1.Clc1nccc(-c2cnc3ccccc3c2)n1.O=[N+]([O-])c1ccc(Br)cc1F.OB(O)c1cnc2ccccc2c1.[Na+]. The summed E-state index contributed by atoms with van der Waals surface area (Å²) in [5.74, 6) is 0.932. The number of aliphatic hydroxyl groups is 1. The number of benzene rings is 7. The molecule has 4 aromatic heterocycles. The number of halogens is 8. The zero-order chi connectivity index (χ0) is 102. The number of para-hydroxylation sites is 2. The Labute approximate surface area is 877 Å². The van der Waals surface area contributed by atoms with Crippen molar-refractivity contribution in [2.75, 3.05) is 86.0 Å². The molecule has 0 unspecified atom stereocenters. The minimum Gasteiger partial charge on any atom is -0.857 e. The predicted octanol–water partition coefficient (Wildman–Crippen LogP) is 17.8. The van der Waals surface area contributed by atoms with Gasteiger partial charge in [-0.3, -0.25) is 50.4 Å². The number of nitrogens with zero attached hydrogens (tertiary/aromatic N) is 12. The van der Waals surface area contributed by atoms with E-state index < -0.39 is 55.6 Å². The molecule has 0 atom stereocenters. The number of nitro benzene ring substituents is 4. The first-order valence-electron chi connectivity index (χ1n) is 39.8. The fraction of sp³-hybridized carbons (Fsp3) is 0.319. The van der Waals surface area contributed by atoms with Gasteiger partial charge in [-0.2, -0.15) is 11.5 Å². The van der Waals surface area contributed by atoms with Gasteiger partial charge in [-0.05, 0) is 210 Å². The van der Waals surface area contributed by atoms with Crippen LogP contribution in [0.4, 0.5) is 53.8 Å². The average Bonchev–Trinajstić information content (AvgIpc) is 1.63. The van der Waals surface area contributed by atoms with Crippen LogP contribution in [0.2, 0.25) is 15.7 Å².